The van der Waals surface area contributed by atoms with Crippen molar-refractivity contribution < 1.29 is 29.1 Å². The van der Waals surface area contributed by atoms with Crippen molar-refractivity contribution in [2.24, 2.45) is 17.1 Å². The molecular weight excluding hydrogens is 562 g/mol. The van der Waals surface area contributed by atoms with Crippen LogP contribution in [0.1, 0.15) is 97.0 Å². The first-order valence-corrected chi connectivity index (χ1v) is 16.1. The number of carbonyl (C=O) groups is 5. The molecule has 242 valence electrons. The maximum Gasteiger partial charge on any atom is 0.315 e. The molecule has 44 heavy (non-hydrogen) atoms. The fraction of sp³-hybridized carbons (Fsp3) is 0.667. The molecule has 3 atom stereocenters. The van der Waals surface area contributed by atoms with Gasteiger partial charge in [0.2, 0.25) is 17.6 Å². The van der Waals surface area contributed by atoms with Crippen LogP contribution in [0.25, 0.3) is 0 Å². The molecular formula is C33H49N5O6. The summed E-state index contributed by atoms with van der Waals surface area (Å²) >= 11 is 0. The monoisotopic (exact) mass is 611 g/mol. The summed E-state index contributed by atoms with van der Waals surface area (Å²) in [5.41, 5.74) is 5.02. The van der Waals surface area contributed by atoms with Crippen LogP contribution in [0.4, 0.5) is 4.79 Å². The number of ketones is 1. The van der Waals surface area contributed by atoms with Crippen LogP contribution in [0.2, 0.25) is 0 Å². The summed E-state index contributed by atoms with van der Waals surface area (Å²) in [6.45, 7) is 5.93. The number of phenols is 1. The molecule has 2 aliphatic carbocycles. The molecule has 1 aromatic carbocycles. The average molecular weight is 612 g/mol. The van der Waals surface area contributed by atoms with Gasteiger partial charge in [0.15, 0.2) is 0 Å². The van der Waals surface area contributed by atoms with Gasteiger partial charge in [-0.15, -0.1) is 0 Å². The van der Waals surface area contributed by atoms with Crippen molar-refractivity contribution in [1.29, 1.82) is 0 Å². The molecule has 0 bridgehead atoms. The number of phenolic OH excluding ortho intramolecular Hbond substituents is 1. The Morgan fingerprint density at radius 1 is 1.00 bits per heavy atom. The molecule has 2 saturated carbocycles. The van der Waals surface area contributed by atoms with Crippen LogP contribution in [0.15, 0.2) is 24.3 Å². The van der Waals surface area contributed by atoms with Crippen molar-refractivity contribution in [3.8, 4) is 5.75 Å². The molecule has 1 aliphatic heterocycles. The highest BCUT2D eigenvalue weighted by Gasteiger charge is 2.44. The van der Waals surface area contributed by atoms with Crippen molar-refractivity contribution in [3.63, 3.8) is 0 Å². The third-order valence-electron chi connectivity index (χ3n) is 9.54. The van der Waals surface area contributed by atoms with Crippen molar-refractivity contribution >= 4 is 29.5 Å². The lowest BCUT2D eigenvalue weighted by molar-refractivity contribution is -0.143. The first kappa shape index (κ1) is 33.3. The van der Waals surface area contributed by atoms with Crippen molar-refractivity contribution in [2.75, 3.05) is 6.54 Å². The molecule has 6 N–H and O–H groups in total. The fourth-order valence-corrected chi connectivity index (χ4v) is 6.89. The second-order valence-corrected chi connectivity index (χ2v) is 14.1. The van der Waals surface area contributed by atoms with E-state index >= 15 is 0 Å². The summed E-state index contributed by atoms with van der Waals surface area (Å²) in [6.07, 6.45) is 9.41. The normalized spacial score (nSPS) is 21.4. The number of carbonyl (C=O) groups excluding carboxylic acids is 5. The number of hydrogen-bond donors (Lipinski definition) is 5. The zero-order valence-electron chi connectivity index (χ0n) is 26.3. The highest BCUT2D eigenvalue weighted by atomic mass is 16.3. The number of nitrogens with two attached hydrogens (primary N) is 1. The minimum atomic E-state index is -1.09. The number of nitrogens with zero attached hydrogens (tertiary/aromatic N) is 1. The summed E-state index contributed by atoms with van der Waals surface area (Å²) in [7, 11) is 0. The summed E-state index contributed by atoms with van der Waals surface area (Å²) in [5.74, 6) is -2.34. The Labute approximate surface area is 260 Å². The molecule has 3 aliphatic rings. The van der Waals surface area contributed by atoms with Gasteiger partial charge in [-0.1, -0.05) is 71.4 Å². The number of aromatic hydroxyl groups is 1. The third-order valence-corrected chi connectivity index (χ3v) is 9.54. The lowest BCUT2D eigenvalue weighted by Crippen LogP contribution is -2.62. The van der Waals surface area contributed by atoms with E-state index < -0.39 is 52.7 Å². The van der Waals surface area contributed by atoms with E-state index in [-0.39, 0.29) is 17.6 Å². The van der Waals surface area contributed by atoms with E-state index in [4.69, 9.17) is 5.73 Å². The summed E-state index contributed by atoms with van der Waals surface area (Å²) in [6, 6.07) is 3.85. The van der Waals surface area contributed by atoms with Crippen LogP contribution in [0, 0.1) is 11.3 Å². The van der Waals surface area contributed by atoms with E-state index in [1.807, 2.05) is 26.8 Å². The van der Waals surface area contributed by atoms with Gasteiger partial charge < -0.3 is 31.7 Å². The number of likely N-dealkylation sites (tertiary alicyclic amines) is 1. The van der Waals surface area contributed by atoms with Gasteiger partial charge in [-0.3, -0.25) is 19.2 Å². The Balaban J connectivity index is 1.46. The van der Waals surface area contributed by atoms with Gasteiger partial charge in [-0.2, -0.15) is 0 Å². The number of nitrogens with one attached hydrogen (secondary N) is 3. The zero-order valence-corrected chi connectivity index (χ0v) is 26.3. The van der Waals surface area contributed by atoms with Crippen molar-refractivity contribution in [1.82, 2.24) is 20.9 Å². The number of primary amides is 1. The standard InChI is InChI=1S/C33H49N5O6/c1-32(2,3)27(36-31(44)37-33(15-5-4-6-16-33)20-22-12-8-13-23(39)18-22)30(43)38-17-9-14-25(38)29(42)35-24(26(40)28(34)41)19-21-10-7-11-21/h8,12-13,18,21,24-25,27,39H,4-7,9-11,14-17,19-20H2,1-3H3,(H2,34,41)(H,35,42)(H2,36,37,44)/t24?,25-,27?/m0/s1. The highest BCUT2D eigenvalue weighted by Crippen LogP contribution is 2.33. The van der Waals surface area contributed by atoms with Gasteiger partial charge in [0.25, 0.3) is 5.91 Å². The predicted molar refractivity (Wildman–Crippen MR) is 165 cm³/mol. The molecule has 11 nitrogen and oxygen atoms in total. The van der Waals surface area contributed by atoms with Crippen LogP contribution < -0.4 is 21.7 Å². The lowest BCUT2D eigenvalue weighted by Gasteiger charge is -2.40. The van der Waals surface area contributed by atoms with E-state index in [0.717, 1.165) is 56.9 Å². The van der Waals surface area contributed by atoms with E-state index in [9.17, 15) is 29.1 Å². The summed E-state index contributed by atoms with van der Waals surface area (Å²) in [4.78, 5) is 66.8. The molecule has 2 unspecified atom stereocenters. The number of hydrogen-bond acceptors (Lipinski definition) is 6. The van der Waals surface area contributed by atoms with Crippen LogP contribution >= 0.6 is 0 Å². The van der Waals surface area contributed by atoms with Gasteiger partial charge in [0.05, 0.1) is 6.04 Å². The van der Waals surface area contributed by atoms with Gasteiger partial charge >= 0.3 is 6.03 Å². The molecule has 3 fully saturated rings. The Bertz CT molecular complexity index is 1230. The molecule has 1 heterocycles. The van der Waals surface area contributed by atoms with Gasteiger partial charge in [0.1, 0.15) is 17.8 Å². The number of rotatable bonds is 11. The summed E-state index contributed by atoms with van der Waals surface area (Å²) in [5, 5.41) is 18.9. The van der Waals surface area contributed by atoms with E-state index in [0.29, 0.717) is 32.2 Å². The Kier molecular flexibility index (Phi) is 10.6. The molecule has 1 aromatic rings. The molecule has 0 spiro atoms. The molecule has 0 aromatic heterocycles. The predicted octanol–water partition coefficient (Wildman–Crippen LogP) is 3.07. The smallest absolute Gasteiger partial charge is 0.315 e. The van der Waals surface area contributed by atoms with E-state index in [1.165, 1.54) is 4.90 Å². The van der Waals surface area contributed by atoms with E-state index in [1.54, 1.807) is 18.2 Å². The van der Waals surface area contributed by atoms with Gasteiger partial charge in [-0.25, -0.2) is 4.79 Å². The largest absolute Gasteiger partial charge is 0.508 e. The zero-order chi connectivity index (χ0) is 32.1. The summed E-state index contributed by atoms with van der Waals surface area (Å²) < 4.78 is 0. The van der Waals surface area contributed by atoms with E-state index in [2.05, 4.69) is 16.0 Å². The van der Waals surface area contributed by atoms with Crippen LogP contribution in [0.3, 0.4) is 0 Å². The minimum absolute atomic E-state index is 0.175. The maximum absolute atomic E-state index is 14.0. The molecule has 1 saturated heterocycles. The van der Waals surface area contributed by atoms with Crippen molar-refractivity contribution in [2.45, 2.75) is 121 Å². The van der Waals surface area contributed by atoms with Crippen LogP contribution in [-0.4, -0.2) is 69.8 Å². The molecule has 0 radical (unpaired) electrons. The Morgan fingerprint density at radius 2 is 1.70 bits per heavy atom. The van der Waals surface area contributed by atoms with Gasteiger partial charge in [-0.05, 0) is 67.6 Å². The van der Waals surface area contributed by atoms with Crippen molar-refractivity contribution in [3.05, 3.63) is 29.8 Å². The molecule has 4 rings (SSSR count). The fourth-order valence-electron chi connectivity index (χ4n) is 6.89. The highest BCUT2D eigenvalue weighted by molar-refractivity contribution is 6.37. The Hall–Kier alpha value is -3.63. The first-order valence-electron chi connectivity index (χ1n) is 16.1. The van der Waals surface area contributed by atoms with Crippen LogP contribution in [-0.2, 0) is 25.6 Å². The SMILES string of the molecule is CC(C)(C)C(NC(=O)NC1(Cc2cccc(O)c2)CCCCC1)C(=O)N1CCC[C@H]1C(=O)NC(CC1CCC1)C(=O)C(N)=O. The average Bonchev–Trinajstić information content (AvgIpc) is 3.42. The lowest BCUT2D eigenvalue weighted by atomic mass is 9.77. The number of urea groups is 1. The minimum Gasteiger partial charge on any atom is -0.508 e. The van der Waals surface area contributed by atoms with Crippen LogP contribution in [0.5, 0.6) is 5.75 Å². The number of benzene rings is 1. The second-order valence-electron chi connectivity index (χ2n) is 14.1. The number of Topliss-reactive ketones (excluding diaryl/α,β-unsaturated/α-hetero) is 1. The second kappa shape index (κ2) is 14.0. The quantitative estimate of drug-likeness (QED) is 0.241. The molecule has 5 amide bonds. The third kappa shape index (κ3) is 8.30. The Morgan fingerprint density at radius 3 is 2.30 bits per heavy atom. The number of amides is 5. The maximum atomic E-state index is 14.0. The van der Waals surface area contributed by atoms with Gasteiger partial charge in [0, 0.05) is 12.1 Å². The topological polar surface area (TPSA) is 171 Å². The first-order chi connectivity index (χ1) is 20.8. The molecule has 11 heteroatoms.